The highest BCUT2D eigenvalue weighted by Gasteiger charge is 2.21. The maximum atomic E-state index is 7.95. The Hall–Kier alpha value is -5.66. The molecule has 1 heteroatoms. The van der Waals surface area contributed by atoms with Crippen LogP contribution in [0.2, 0.25) is 0 Å². The van der Waals surface area contributed by atoms with Crippen molar-refractivity contribution in [3.8, 4) is 33.4 Å². The highest BCUT2D eigenvalue weighted by Crippen LogP contribution is 2.47. The third kappa shape index (κ3) is 4.09. The molecule has 0 N–H and O–H groups in total. The summed E-state index contributed by atoms with van der Waals surface area (Å²) >= 11 is 0. The Balaban J connectivity index is 1.27. The van der Waals surface area contributed by atoms with Gasteiger partial charge in [-0.25, -0.2) is 0 Å². The van der Waals surface area contributed by atoms with Crippen LogP contribution in [0.1, 0.15) is 26.7 Å². The van der Waals surface area contributed by atoms with E-state index in [9.17, 15) is 0 Å². The van der Waals surface area contributed by atoms with Gasteiger partial charge in [-0.3, -0.25) is 0 Å². The molecule has 0 saturated carbocycles. The monoisotopic (exact) mass is 589 g/mol. The molecule has 0 amide bonds. The molecule has 0 aliphatic heterocycles. The van der Waals surface area contributed by atoms with Crippen LogP contribution in [0.3, 0.4) is 0 Å². The third-order valence-corrected chi connectivity index (χ3v) is 9.57. The molecule has 0 fully saturated rings. The minimum absolute atomic E-state index is 0.369. The molecule has 218 valence electrons. The topological polar surface area (TPSA) is 13.1 Å². The summed E-state index contributed by atoms with van der Waals surface area (Å²) in [5.74, 6) is 0.369. The van der Waals surface area contributed by atoms with Crippen LogP contribution in [0, 0.1) is 0 Å². The van der Waals surface area contributed by atoms with Crippen LogP contribution < -0.4 is 0 Å². The lowest BCUT2D eigenvalue weighted by Gasteiger charge is -2.18. The normalized spacial score (nSPS) is 12.2. The Labute approximate surface area is 269 Å². The zero-order valence-corrected chi connectivity index (χ0v) is 25.8. The molecule has 8 aromatic carbocycles. The summed E-state index contributed by atoms with van der Waals surface area (Å²) in [5.41, 5.74) is 10.4. The summed E-state index contributed by atoms with van der Waals surface area (Å²) < 4.78 is 14.5. The van der Waals surface area contributed by atoms with E-state index in [0.717, 1.165) is 21.9 Å². The van der Waals surface area contributed by atoms with Gasteiger partial charge in [-0.1, -0.05) is 153 Å². The van der Waals surface area contributed by atoms with Crippen LogP contribution in [0.4, 0.5) is 0 Å². The van der Waals surface area contributed by atoms with Crippen LogP contribution in [0.15, 0.2) is 156 Å². The Morgan fingerprint density at radius 2 is 1.13 bits per heavy atom. The molecule has 0 bridgehead atoms. The van der Waals surface area contributed by atoms with Crippen LogP contribution in [-0.4, -0.2) is 0 Å². The molecule has 0 radical (unpaired) electrons. The van der Waals surface area contributed by atoms with E-state index >= 15 is 0 Å². The predicted octanol–water partition coefficient (Wildman–Crippen LogP) is 13.2. The van der Waals surface area contributed by atoms with Crippen molar-refractivity contribution in [3.63, 3.8) is 0 Å². The number of rotatable bonds is 4. The molecular formula is C45H32O. The third-order valence-electron chi connectivity index (χ3n) is 9.57. The Morgan fingerprint density at radius 3 is 1.85 bits per heavy atom. The summed E-state index contributed by atoms with van der Waals surface area (Å²) in [6, 6.07) is 52.6. The van der Waals surface area contributed by atoms with Gasteiger partial charge >= 0.3 is 0 Å². The number of benzene rings is 8. The summed E-state index contributed by atoms with van der Waals surface area (Å²) in [5, 5.41) is 9.52. The van der Waals surface area contributed by atoms with Crippen LogP contribution in [0.5, 0.6) is 0 Å². The van der Waals surface area contributed by atoms with Crippen molar-refractivity contribution in [2.45, 2.75) is 19.8 Å². The highest BCUT2D eigenvalue weighted by atomic mass is 16.3. The van der Waals surface area contributed by atoms with Gasteiger partial charge in [0.05, 0.1) is 1.37 Å². The second kappa shape index (κ2) is 10.5. The average molecular weight is 590 g/mol. The van der Waals surface area contributed by atoms with Gasteiger partial charge in [-0.2, -0.15) is 0 Å². The molecule has 9 aromatic rings. The molecule has 46 heavy (non-hydrogen) atoms. The van der Waals surface area contributed by atoms with E-state index < -0.39 is 0 Å². The SMILES string of the molecule is [2H]c1ccc2cc(-c3ccc(-c4c5ccccc5c(-c5cccc6oc7c(C(C)C)cccc7c56)c5ccccc45)cc3)ccc2c1. The van der Waals surface area contributed by atoms with Gasteiger partial charge in [-0.05, 0) is 89.3 Å². The smallest absolute Gasteiger partial charge is 0.138 e. The Morgan fingerprint density at radius 1 is 0.500 bits per heavy atom. The quantitative estimate of drug-likeness (QED) is 0.186. The number of hydrogen-bond acceptors (Lipinski definition) is 1. The fourth-order valence-corrected chi connectivity index (χ4v) is 7.40. The summed E-state index contributed by atoms with van der Waals surface area (Å²) in [6.45, 7) is 4.46. The lowest BCUT2D eigenvalue weighted by Crippen LogP contribution is -1.91. The standard InChI is InChI=1S/C45H32O/c1-28(2)34-17-9-19-40-44-39(18-10-20-41(44)46-45(34)40)43-37-15-7-5-13-35(37)42(36-14-6-8-16-38(36)43)31-24-21-30(22-25-31)33-26-23-29-11-3-4-12-32(29)27-33/h3-28H,1-2H3/i3D. The first-order valence-corrected chi connectivity index (χ1v) is 16.0. The lowest BCUT2D eigenvalue weighted by molar-refractivity contribution is 0.657. The first kappa shape index (κ1) is 25.6. The van der Waals surface area contributed by atoms with Gasteiger partial charge in [0.25, 0.3) is 0 Å². The molecule has 0 saturated heterocycles. The highest BCUT2D eigenvalue weighted by molar-refractivity contribution is 6.25. The van der Waals surface area contributed by atoms with E-state index in [0.29, 0.717) is 12.0 Å². The second-order valence-corrected chi connectivity index (χ2v) is 12.6. The van der Waals surface area contributed by atoms with Crippen molar-refractivity contribution < 1.29 is 5.79 Å². The number of hydrogen-bond donors (Lipinski definition) is 0. The van der Waals surface area contributed by atoms with Crippen LogP contribution >= 0.6 is 0 Å². The molecule has 1 nitrogen and oxygen atoms in total. The maximum absolute atomic E-state index is 7.95. The summed E-state index contributed by atoms with van der Waals surface area (Å²) in [4.78, 5) is 0. The zero-order chi connectivity index (χ0) is 31.6. The van der Waals surface area contributed by atoms with Crippen LogP contribution in [0.25, 0.3) is 87.6 Å². The fraction of sp³-hybridized carbons (Fsp3) is 0.0667. The first-order chi connectivity index (χ1) is 23.0. The zero-order valence-electron chi connectivity index (χ0n) is 26.8. The second-order valence-electron chi connectivity index (χ2n) is 12.6. The molecule has 0 unspecified atom stereocenters. The molecule has 1 heterocycles. The van der Waals surface area contributed by atoms with Gasteiger partial charge in [0.15, 0.2) is 0 Å². The van der Waals surface area contributed by atoms with E-state index in [1.54, 1.807) is 0 Å². The number of fused-ring (bicyclic) bond motifs is 6. The number of furan rings is 1. The molecular weight excluding hydrogens is 556 g/mol. The van der Waals surface area contributed by atoms with Crippen molar-refractivity contribution in [1.29, 1.82) is 0 Å². The van der Waals surface area contributed by atoms with Crippen molar-refractivity contribution in [3.05, 3.63) is 157 Å². The Bertz CT molecular complexity index is 2600. The number of para-hydroxylation sites is 1. The van der Waals surface area contributed by atoms with Crippen molar-refractivity contribution in [1.82, 2.24) is 0 Å². The van der Waals surface area contributed by atoms with E-state index in [4.69, 9.17) is 5.79 Å². The minimum Gasteiger partial charge on any atom is -0.456 e. The largest absolute Gasteiger partial charge is 0.456 e. The minimum atomic E-state index is 0.369. The fourth-order valence-electron chi connectivity index (χ4n) is 7.40. The molecule has 9 rings (SSSR count). The lowest BCUT2D eigenvalue weighted by atomic mass is 9.84. The van der Waals surface area contributed by atoms with E-state index in [1.807, 2.05) is 18.2 Å². The first-order valence-electron chi connectivity index (χ1n) is 16.5. The van der Waals surface area contributed by atoms with Gasteiger partial charge in [0, 0.05) is 10.8 Å². The van der Waals surface area contributed by atoms with E-state index in [1.165, 1.54) is 71.3 Å². The van der Waals surface area contributed by atoms with Crippen molar-refractivity contribution in [2.75, 3.05) is 0 Å². The van der Waals surface area contributed by atoms with Gasteiger partial charge < -0.3 is 4.42 Å². The average Bonchev–Trinajstić information content (AvgIpc) is 3.50. The summed E-state index contributed by atoms with van der Waals surface area (Å²) in [7, 11) is 0. The van der Waals surface area contributed by atoms with Gasteiger partial charge in [-0.15, -0.1) is 0 Å². The predicted molar refractivity (Wildman–Crippen MR) is 197 cm³/mol. The Kier molecular flexibility index (Phi) is 5.83. The van der Waals surface area contributed by atoms with E-state index in [2.05, 4.69) is 141 Å². The maximum Gasteiger partial charge on any atom is 0.138 e. The van der Waals surface area contributed by atoms with Gasteiger partial charge in [0.2, 0.25) is 0 Å². The van der Waals surface area contributed by atoms with Crippen molar-refractivity contribution in [2.24, 2.45) is 0 Å². The van der Waals surface area contributed by atoms with E-state index in [-0.39, 0.29) is 0 Å². The molecule has 1 aromatic heterocycles. The molecule has 0 atom stereocenters. The molecule has 0 spiro atoms. The summed E-state index contributed by atoms with van der Waals surface area (Å²) in [6.07, 6.45) is 0. The molecule has 0 aliphatic rings. The van der Waals surface area contributed by atoms with Crippen LogP contribution in [-0.2, 0) is 0 Å². The molecule has 0 aliphatic carbocycles. The van der Waals surface area contributed by atoms with Gasteiger partial charge in [0.1, 0.15) is 11.2 Å². The van der Waals surface area contributed by atoms with Crippen molar-refractivity contribution >= 4 is 54.3 Å².